The average molecular weight is 481 g/mol. The van der Waals surface area contributed by atoms with Crippen molar-refractivity contribution >= 4 is 23.5 Å². The number of ether oxygens (including phenoxy) is 1. The molecule has 33 heavy (non-hydrogen) atoms. The zero-order valence-electron chi connectivity index (χ0n) is 19.3. The van der Waals surface area contributed by atoms with E-state index in [-0.39, 0.29) is 42.4 Å². The number of benzene rings is 1. The lowest BCUT2D eigenvalue weighted by Gasteiger charge is -2.38. The molecule has 0 aromatic heterocycles. The van der Waals surface area contributed by atoms with Gasteiger partial charge in [0.15, 0.2) is 0 Å². The average Bonchev–Trinajstić information content (AvgIpc) is 3.35. The number of likely N-dealkylation sites (tertiary alicyclic amines) is 2. The molecular formula is C24H34ClFN4O3. The fourth-order valence-corrected chi connectivity index (χ4v) is 5.44. The summed E-state index contributed by atoms with van der Waals surface area (Å²) in [5.74, 6) is -0.551. The Morgan fingerprint density at radius 3 is 2.52 bits per heavy atom. The van der Waals surface area contributed by atoms with Crippen LogP contribution < -0.4 is 5.32 Å². The third kappa shape index (κ3) is 5.78. The summed E-state index contributed by atoms with van der Waals surface area (Å²) in [5.41, 5.74) is 0.416. The number of nitrogens with one attached hydrogen (secondary N) is 1. The minimum absolute atomic E-state index is 0.0278. The number of piperidine rings is 1. The standard InChI is InChI=1S/C24H34ClFN4O3/c1-17-16-30(13-14-33-17)21(22-19(25)5-4-6-20(22)26)15-27-23(31)18-7-11-29(12-8-18)24(32)28-9-2-3-10-28/h4-6,17-18,21H,2-3,7-16H2,1H3,(H,27,31). The Morgan fingerprint density at radius 1 is 1.15 bits per heavy atom. The predicted molar refractivity (Wildman–Crippen MR) is 125 cm³/mol. The van der Waals surface area contributed by atoms with Crippen LogP contribution in [0.15, 0.2) is 18.2 Å². The van der Waals surface area contributed by atoms with Gasteiger partial charge in [0.05, 0.1) is 18.8 Å². The molecule has 3 heterocycles. The molecule has 0 saturated carbocycles. The van der Waals surface area contributed by atoms with Gasteiger partial charge in [-0.2, -0.15) is 0 Å². The molecule has 0 radical (unpaired) electrons. The van der Waals surface area contributed by atoms with E-state index in [9.17, 15) is 14.0 Å². The zero-order chi connectivity index (χ0) is 23.4. The largest absolute Gasteiger partial charge is 0.376 e. The van der Waals surface area contributed by atoms with Crippen molar-refractivity contribution in [3.05, 3.63) is 34.6 Å². The second-order valence-corrected chi connectivity index (χ2v) is 9.72. The number of halogens is 2. The van der Waals surface area contributed by atoms with Crippen LogP contribution in [0.25, 0.3) is 0 Å². The smallest absolute Gasteiger partial charge is 0.319 e. The second-order valence-electron chi connectivity index (χ2n) is 9.31. The molecule has 4 rings (SSSR count). The van der Waals surface area contributed by atoms with Gasteiger partial charge in [-0.05, 0) is 44.7 Å². The third-order valence-electron chi connectivity index (χ3n) is 7.03. The molecule has 3 saturated heterocycles. The van der Waals surface area contributed by atoms with Crippen molar-refractivity contribution in [2.45, 2.75) is 44.8 Å². The Labute approximate surface area is 200 Å². The summed E-state index contributed by atoms with van der Waals surface area (Å²) < 4.78 is 20.4. The van der Waals surface area contributed by atoms with E-state index in [4.69, 9.17) is 16.3 Å². The molecule has 9 heteroatoms. The predicted octanol–water partition coefficient (Wildman–Crippen LogP) is 3.28. The maximum Gasteiger partial charge on any atom is 0.319 e. The Morgan fingerprint density at radius 2 is 1.85 bits per heavy atom. The quantitative estimate of drug-likeness (QED) is 0.702. The molecule has 3 fully saturated rings. The first-order valence-corrected chi connectivity index (χ1v) is 12.4. The molecule has 3 aliphatic rings. The fourth-order valence-electron chi connectivity index (χ4n) is 5.15. The molecule has 0 aliphatic carbocycles. The molecule has 3 aliphatic heterocycles. The van der Waals surface area contributed by atoms with Crippen molar-refractivity contribution in [2.75, 3.05) is 52.4 Å². The summed E-state index contributed by atoms with van der Waals surface area (Å²) in [5, 5.41) is 3.42. The number of carbonyl (C=O) groups is 2. The van der Waals surface area contributed by atoms with Gasteiger partial charge in [0, 0.05) is 62.3 Å². The van der Waals surface area contributed by atoms with Crippen LogP contribution in [-0.4, -0.2) is 85.2 Å². The summed E-state index contributed by atoms with van der Waals surface area (Å²) in [6, 6.07) is 4.42. The number of rotatable bonds is 5. The van der Waals surface area contributed by atoms with E-state index in [0.717, 1.165) is 25.9 Å². The van der Waals surface area contributed by atoms with Crippen LogP contribution in [0.5, 0.6) is 0 Å². The van der Waals surface area contributed by atoms with Gasteiger partial charge >= 0.3 is 6.03 Å². The van der Waals surface area contributed by atoms with Crippen molar-refractivity contribution in [3.8, 4) is 0 Å². The maximum absolute atomic E-state index is 14.8. The van der Waals surface area contributed by atoms with E-state index in [2.05, 4.69) is 10.2 Å². The van der Waals surface area contributed by atoms with Crippen molar-refractivity contribution in [3.63, 3.8) is 0 Å². The van der Waals surface area contributed by atoms with Crippen molar-refractivity contribution in [1.29, 1.82) is 0 Å². The van der Waals surface area contributed by atoms with Gasteiger partial charge in [-0.25, -0.2) is 9.18 Å². The lowest BCUT2D eigenvalue weighted by molar-refractivity contribution is -0.126. The summed E-state index contributed by atoms with van der Waals surface area (Å²) in [4.78, 5) is 31.5. The van der Waals surface area contributed by atoms with E-state index in [1.165, 1.54) is 6.07 Å². The number of morpholine rings is 1. The van der Waals surface area contributed by atoms with Crippen LogP contribution in [-0.2, 0) is 9.53 Å². The van der Waals surface area contributed by atoms with Gasteiger partial charge in [0.1, 0.15) is 5.82 Å². The van der Waals surface area contributed by atoms with Gasteiger partial charge < -0.3 is 19.9 Å². The lowest BCUT2D eigenvalue weighted by Crippen LogP contribution is -2.49. The van der Waals surface area contributed by atoms with E-state index < -0.39 is 0 Å². The van der Waals surface area contributed by atoms with Crippen LogP contribution in [0, 0.1) is 11.7 Å². The third-order valence-corrected chi connectivity index (χ3v) is 7.36. The van der Waals surface area contributed by atoms with E-state index in [0.29, 0.717) is 56.2 Å². The molecule has 3 amide bonds. The normalized spacial score (nSPS) is 23.5. The first kappa shape index (κ1) is 24.2. The van der Waals surface area contributed by atoms with Gasteiger partial charge in [-0.1, -0.05) is 17.7 Å². The van der Waals surface area contributed by atoms with Gasteiger partial charge in [-0.15, -0.1) is 0 Å². The monoisotopic (exact) mass is 480 g/mol. The summed E-state index contributed by atoms with van der Waals surface area (Å²) >= 11 is 6.39. The molecule has 1 aromatic rings. The topological polar surface area (TPSA) is 65.1 Å². The molecule has 7 nitrogen and oxygen atoms in total. The summed E-state index contributed by atoms with van der Waals surface area (Å²) in [6.07, 6.45) is 3.45. The molecule has 0 bridgehead atoms. The number of nitrogens with zero attached hydrogens (tertiary/aromatic N) is 3. The highest BCUT2D eigenvalue weighted by Crippen LogP contribution is 2.31. The molecule has 1 aromatic carbocycles. The number of hydrogen-bond acceptors (Lipinski definition) is 4. The van der Waals surface area contributed by atoms with E-state index in [1.807, 2.05) is 16.7 Å². The van der Waals surface area contributed by atoms with Gasteiger partial charge in [0.2, 0.25) is 5.91 Å². The van der Waals surface area contributed by atoms with E-state index in [1.54, 1.807) is 12.1 Å². The Hall–Kier alpha value is -1.90. The Balaban J connectivity index is 1.36. The van der Waals surface area contributed by atoms with Crippen molar-refractivity contribution in [1.82, 2.24) is 20.0 Å². The summed E-state index contributed by atoms with van der Waals surface area (Å²) in [6.45, 7) is 6.96. The summed E-state index contributed by atoms with van der Waals surface area (Å²) in [7, 11) is 0. The molecule has 0 spiro atoms. The number of hydrogen-bond donors (Lipinski definition) is 1. The lowest BCUT2D eigenvalue weighted by atomic mass is 9.95. The van der Waals surface area contributed by atoms with Crippen LogP contribution >= 0.6 is 11.6 Å². The zero-order valence-corrected chi connectivity index (χ0v) is 20.0. The highest BCUT2D eigenvalue weighted by Gasteiger charge is 2.33. The minimum atomic E-state index is -0.370. The minimum Gasteiger partial charge on any atom is -0.376 e. The number of amides is 3. The van der Waals surface area contributed by atoms with E-state index >= 15 is 0 Å². The number of carbonyl (C=O) groups excluding carboxylic acids is 2. The van der Waals surface area contributed by atoms with Crippen LogP contribution in [0.4, 0.5) is 9.18 Å². The maximum atomic E-state index is 14.8. The van der Waals surface area contributed by atoms with Gasteiger partial charge in [-0.3, -0.25) is 9.69 Å². The second kappa shape index (κ2) is 11.0. The van der Waals surface area contributed by atoms with Crippen molar-refractivity contribution < 1.29 is 18.7 Å². The SMILES string of the molecule is CC1CN(C(CNC(=O)C2CCN(C(=O)N3CCCC3)CC2)c2c(F)cccc2Cl)CCO1. The highest BCUT2D eigenvalue weighted by molar-refractivity contribution is 6.31. The van der Waals surface area contributed by atoms with Crippen LogP contribution in [0.3, 0.4) is 0 Å². The van der Waals surface area contributed by atoms with Crippen molar-refractivity contribution in [2.24, 2.45) is 5.92 Å². The Bertz CT molecular complexity index is 823. The van der Waals surface area contributed by atoms with Crippen LogP contribution in [0.1, 0.15) is 44.2 Å². The molecule has 2 unspecified atom stereocenters. The van der Waals surface area contributed by atoms with Gasteiger partial charge in [0.25, 0.3) is 0 Å². The molecular weight excluding hydrogens is 447 g/mol. The Kier molecular flexibility index (Phi) is 8.09. The first-order chi connectivity index (χ1) is 15.9. The fraction of sp³-hybridized carbons (Fsp3) is 0.667. The highest BCUT2D eigenvalue weighted by atomic mass is 35.5. The van der Waals surface area contributed by atoms with Crippen LogP contribution in [0.2, 0.25) is 5.02 Å². The number of urea groups is 1. The first-order valence-electron chi connectivity index (χ1n) is 12.0. The molecule has 2 atom stereocenters. The molecule has 182 valence electrons. The molecule has 1 N–H and O–H groups in total.